The third-order valence-electron chi connectivity index (χ3n) is 4.04. The van der Waals surface area contributed by atoms with Gasteiger partial charge in [-0.05, 0) is 25.1 Å². The minimum atomic E-state index is -4.66. The molecule has 2 heterocycles. The molecule has 0 aliphatic rings. The molecule has 0 saturated heterocycles. The number of aryl methyl sites for hydroxylation is 1. The number of nitrogens with one attached hydrogen (secondary N) is 1. The molecule has 0 radical (unpaired) electrons. The van der Waals surface area contributed by atoms with Gasteiger partial charge in [-0.25, -0.2) is 4.98 Å². The third-order valence-corrected chi connectivity index (χ3v) is 4.81. The Hall–Kier alpha value is -3.47. The molecule has 31 heavy (non-hydrogen) atoms. The lowest BCUT2D eigenvalue weighted by atomic mass is 10.1. The van der Waals surface area contributed by atoms with Gasteiger partial charge in [0.2, 0.25) is 0 Å². The summed E-state index contributed by atoms with van der Waals surface area (Å²) in [4.78, 5) is 40.0. The molecule has 0 atom stereocenters. The predicted molar refractivity (Wildman–Crippen MR) is 108 cm³/mol. The number of benzene rings is 1. The summed E-state index contributed by atoms with van der Waals surface area (Å²) < 4.78 is 43.6. The lowest BCUT2D eigenvalue weighted by Gasteiger charge is -2.11. The van der Waals surface area contributed by atoms with Crippen LogP contribution < -0.4 is 10.9 Å². The summed E-state index contributed by atoms with van der Waals surface area (Å²) in [6.45, 7) is 0.461. The summed E-state index contributed by atoms with van der Waals surface area (Å²) >= 11 is 1.49. The van der Waals surface area contributed by atoms with Gasteiger partial charge in [0.05, 0.1) is 16.3 Å². The van der Waals surface area contributed by atoms with Crippen molar-refractivity contribution in [2.24, 2.45) is 0 Å². The fourth-order valence-corrected chi connectivity index (χ4v) is 3.22. The lowest BCUT2D eigenvalue weighted by Crippen LogP contribution is -2.28. The molecule has 2 aromatic heterocycles. The van der Waals surface area contributed by atoms with Gasteiger partial charge in [0.1, 0.15) is 6.54 Å². The number of rotatable bonds is 6. The van der Waals surface area contributed by atoms with Crippen molar-refractivity contribution < 1.29 is 27.5 Å². The Bertz CT molecular complexity index is 1170. The van der Waals surface area contributed by atoms with Crippen LogP contribution >= 0.6 is 11.3 Å². The smallest absolute Gasteiger partial charge is 0.417 e. The molecule has 11 heteroatoms. The third kappa shape index (κ3) is 6.01. The Morgan fingerprint density at radius 1 is 1.23 bits per heavy atom. The molecule has 0 aliphatic heterocycles. The van der Waals surface area contributed by atoms with Gasteiger partial charge in [-0.2, -0.15) is 13.2 Å². The summed E-state index contributed by atoms with van der Waals surface area (Å²) in [5.74, 6) is -1.67. The van der Waals surface area contributed by atoms with E-state index in [1.54, 1.807) is 18.2 Å². The summed E-state index contributed by atoms with van der Waals surface area (Å²) in [6, 6.07) is 8.24. The zero-order valence-corrected chi connectivity index (χ0v) is 16.9. The van der Waals surface area contributed by atoms with Gasteiger partial charge < -0.3 is 14.6 Å². The van der Waals surface area contributed by atoms with Crippen molar-refractivity contribution >= 4 is 28.9 Å². The van der Waals surface area contributed by atoms with Crippen LogP contribution in [0, 0.1) is 6.92 Å². The molecular weight excluding hydrogens is 435 g/mol. The molecule has 7 nitrogen and oxygen atoms in total. The molecule has 1 amide bonds. The number of alkyl halides is 3. The number of halogens is 3. The van der Waals surface area contributed by atoms with Gasteiger partial charge in [-0.15, -0.1) is 11.3 Å². The van der Waals surface area contributed by atoms with Gasteiger partial charge in [0.25, 0.3) is 11.5 Å². The highest BCUT2D eigenvalue weighted by Crippen LogP contribution is 2.28. The van der Waals surface area contributed by atoms with E-state index in [0.29, 0.717) is 28.6 Å². The van der Waals surface area contributed by atoms with Crippen molar-refractivity contribution in [3.8, 4) is 11.3 Å². The standard InChI is InChI=1S/C20H16F3N3O4S/c1-12-24-16(11-31-12)13-3-2-4-15(7-13)25-17(27)10-30-19(29)9-26-8-14(20(21,22)23)5-6-18(26)28/h2-8,11H,9-10H2,1H3,(H,25,27). The van der Waals surface area contributed by atoms with E-state index in [2.05, 4.69) is 10.3 Å². The second-order valence-corrected chi connectivity index (χ2v) is 7.49. The molecule has 0 fully saturated rings. The first-order chi connectivity index (χ1) is 14.6. The Balaban J connectivity index is 1.57. The molecule has 0 bridgehead atoms. The number of carbonyl (C=O) groups is 2. The molecule has 0 aliphatic carbocycles. The van der Waals surface area contributed by atoms with Crippen molar-refractivity contribution in [2.45, 2.75) is 19.6 Å². The quantitative estimate of drug-likeness (QED) is 0.580. The first-order valence-corrected chi connectivity index (χ1v) is 9.75. The van der Waals surface area contributed by atoms with Gasteiger partial charge in [-0.3, -0.25) is 14.4 Å². The second kappa shape index (κ2) is 9.13. The van der Waals surface area contributed by atoms with E-state index >= 15 is 0 Å². The van der Waals surface area contributed by atoms with Crippen LogP contribution in [0.3, 0.4) is 0 Å². The number of amides is 1. The number of aromatic nitrogens is 2. The van der Waals surface area contributed by atoms with Gasteiger partial charge in [0, 0.05) is 28.9 Å². The maximum atomic E-state index is 12.7. The first kappa shape index (κ1) is 22.2. The Kier molecular flexibility index (Phi) is 6.54. The van der Waals surface area contributed by atoms with Crippen LogP contribution in [0.1, 0.15) is 10.6 Å². The number of nitrogens with zero attached hydrogens (tertiary/aromatic N) is 2. The fraction of sp³-hybridized carbons (Fsp3) is 0.200. The van der Waals surface area contributed by atoms with E-state index in [4.69, 9.17) is 4.74 Å². The van der Waals surface area contributed by atoms with Crippen LogP contribution in [-0.2, 0) is 27.0 Å². The van der Waals surface area contributed by atoms with E-state index in [0.717, 1.165) is 16.3 Å². The molecule has 1 N–H and O–H groups in total. The van der Waals surface area contributed by atoms with Gasteiger partial charge >= 0.3 is 12.1 Å². The van der Waals surface area contributed by atoms with Crippen LogP contribution in [0.15, 0.2) is 52.8 Å². The summed E-state index contributed by atoms with van der Waals surface area (Å²) in [7, 11) is 0. The Morgan fingerprint density at radius 2 is 2.00 bits per heavy atom. The molecular formula is C20H16F3N3O4S. The number of thiazole rings is 1. The average molecular weight is 451 g/mol. The molecule has 0 saturated carbocycles. The minimum Gasteiger partial charge on any atom is -0.454 e. The topological polar surface area (TPSA) is 90.3 Å². The zero-order valence-electron chi connectivity index (χ0n) is 16.1. The number of hydrogen-bond donors (Lipinski definition) is 1. The van der Waals surface area contributed by atoms with Crippen LogP contribution in [-0.4, -0.2) is 28.0 Å². The highest BCUT2D eigenvalue weighted by molar-refractivity contribution is 7.09. The normalized spacial score (nSPS) is 11.2. The minimum absolute atomic E-state index is 0.457. The highest BCUT2D eigenvalue weighted by Gasteiger charge is 2.31. The molecule has 162 valence electrons. The van der Waals surface area contributed by atoms with Crippen molar-refractivity contribution in [3.05, 3.63) is 68.9 Å². The number of carbonyl (C=O) groups excluding carboxylic acids is 2. The lowest BCUT2D eigenvalue weighted by molar-refractivity contribution is -0.148. The van der Waals surface area contributed by atoms with Crippen molar-refractivity contribution in [1.29, 1.82) is 0 Å². The number of ether oxygens (including phenoxy) is 1. The van der Waals surface area contributed by atoms with Gasteiger partial charge in [-0.1, -0.05) is 12.1 Å². The monoisotopic (exact) mass is 451 g/mol. The molecule has 1 aromatic carbocycles. The van der Waals surface area contributed by atoms with Crippen LogP contribution in [0.25, 0.3) is 11.3 Å². The fourth-order valence-electron chi connectivity index (χ4n) is 2.60. The van der Waals surface area contributed by atoms with Gasteiger partial charge in [0.15, 0.2) is 6.61 Å². The number of esters is 1. The summed E-state index contributed by atoms with van der Waals surface area (Å²) in [5, 5.41) is 5.34. The summed E-state index contributed by atoms with van der Waals surface area (Å²) in [5.41, 5.74) is 0.134. The first-order valence-electron chi connectivity index (χ1n) is 8.87. The predicted octanol–water partition coefficient (Wildman–Crippen LogP) is 3.48. The van der Waals surface area contributed by atoms with Crippen LogP contribution in [0.4, 0.5) is 18.9 Å². The van der Waals surface area contributed by atoms with Crippen LogP contribution in [0.2, 0.25) is 0 Å². The van der Waals surface area contributed by atoms with Crippen molar-refractivity contribution in [2.75, 3.05) is 11.9 Å². The number of hydrogen-bond acceptors (Lipinski definition) is 6. The average Bonchev–Trinajstić information content (AvgIpc) is 3.14. The largest absolute Gasteiger partial charge is 0.454 e. The summed E-state index contributed by atoms with van der Waals surface area (Å²) in [6.07, 6.45) is -4.14. The molecule has 3 aromatic rings. The molecule has 3 rings (SSSR count). The SMILES string of the molecule is Cc1nc(-c2cccc(NC(=O)COC(=O)Cn3cc(C(F)(F)F)ccc3=O)c2)cs1. The zero-order chi connectivity index (χ0) is 22.6. The van der Waals surface area contributed by atoms with E-state index in [-0.39, 0.29) is 0 Å². The van der Waals surface area contributed by atoms with E-state index in [1.165, 1.54) is 11.3 Å². The maximum Gasteiger partial charge on any atom is 0.417 e. The van der Waals surface area contributed by atoms with Crippen molar-refractivity contribution in [3.63, 3.8) is 0 Å². The molecule has 0 unspecified atom stereocenters. The molecule has 0 spiro atoms. The van der Waals surface area contributed by atoms with E-state index < -0.39 is 42.3 Å². The highest BCUT2D eigenvalue weighted by atomic mass is 32.1. The second-order valence-electron chi connectivity index (χ2n) is 6.42. The Labute approximate surface area is 178 Å². The Morgan fingerprint density at radius 3 is 2.68 bits per heavy atom. The number of anilines is 1. The number of pyridine rings is 1. The van der Waals surface area contributed by atoms with Crippen molar-refractivity contribution in [1.82, 2.24) is 9.55 Å². The maximum absolute atomic E-state index is 12.7. The van der Waals surface area contributed by atoms with E-state index in [1.807, 2.05) is 18.4 Å². The van der Waals surface area contributed by atoms with Crippen LogP contribution in [0.5, 0.6) is 0 Å². The van der Waals surface area contributed by atoms with E-state index in [9.17, 15) is 27.6 Å².